The summed E-state index contributed by atoms with van der Waals surface area (Å²) >= 11 is 0. The topological polar surface area (TPSA) is 17.1 Å². The van der Waals surface area contributed by atoms with Crippen LogP contribution in [0, 0.1) is 0 Å². The SMILES string of the molecule is C[C@H](c1ccccc1)S(C)=O. The maximum atomic E-state index is 11.1. The van der Waals surface area contributed by atoms with E-state index >= 15 is 0 Å². The second-order valence-corrected chi connectivity index (χ2v) is 4.26. The van der Waals surface area contributed by atoms with Crippen molar-refractivity contribution in [2.75, 3.05) is 6.26 Å². The second kappa shape index (κ2) is 3.67. The Morgan fingerprint density at radius 3 is 2.27 bits per heavy atom. The zero-order valence-electron chi connectivity index (χ0n) is 6.78. The Hall–Kier alpha value is -0.630. The molecule has 0 radical (unpaired) electrons. The fourth-order valence-corrected chi connectivity index (χ4v) is 1.46. The molecule has 0 aliphatic carbocycles. The summed E-state index contributed by atoms with van der Waals surface area (Å²) in [5.74, 6) is 0. The minimum Gasteiger partial charge on any atom is -0.259 e. The van der Waals surface area contributed by atoms with Gasteiger partial charge < -0.3 is 0 Å². The van der Waals surface area contributed by atoms with Crippen LogP contribution in [0.25, 0.3) is 0 Å². The Balaban J connectivity index is 2.85. The molecular formula is C9H12OS. The van der Waals surface area contributed by atoms with Gasteiger partial charge in [0.2, 0.25) is 0 Å². The predicted molar refractivity (Wildman–Crippen MR) is 48.9 cm³/mol. The molecule has 0 aromatic heterocycles. The van der Waals surface area contributed by atoms with Gasteiger partial charge in [-0.2, -0.15) is 0 Å². The van der Waals surface area contributed by atoms with Crippen LogP contribution in [0.3, 0.4) is 0 Å². The fraction of sp³-hybridized carbons (Fsp3) is 0.333. The number of benzene rings is 1. The first-order valence-corrected chi connectivity index (χ1v) is 5.21. The fourth-order valence-electron chi connectivity index (χ4n) is 0.916. The average molecular weight is 168 g/mol. The zero-order chi connectivity index (χ0) is 8.27. The molecule has 0 amide bonds. The first-order chi connectivity index (χ1) is 5.22. The monoisotopic (exact) mass is 168 g/mol. The van der Waals surface area contributed by atoms with E-state index in [2.05, 4.69) is 0 Å². The van der Waals surface area contributed by atoms with E-state index in [1.54, 1.807) is 6.26 Å². The summed E-state index contributed by atoms with van der Waals surface area (Å²) in [6.45, 7) is 1.98. The Labute approximate surface area is 69.9 Å². The minimum atomic E-state index is -0.761. The molecule has 0 aliphatic heterocycles. The third-order valence-corrected chi connectivity index (χ3v) is 3.03. The Morgan fingerprint density at radius 1 is 1.27 bits per heavy atom. The van der Waals surface area contributed by atoms with Gasteiger partial charge in [-0.25, -0.2) is 0 Å². The molecule has 1 aromatic carbocycles. The highest BCUT2D eigenvalue weighted by molar-refractivity contribution is 7.84. The average Bonchev–Trinajstić information content (AvgIpc) is 2.05. The van der Waals surface area contributed by atoms with Crippen LogP contribution in [-0.2, 0) is 10.8 Å². The van der Waals surface area contributed by atoms with Crippen molar-refractivity contribution in [3.63, 3.8) is 0 Å². The highest BCUT2D eigenvalue weighted by atomic mass is 32.2. The maximum absolute atomic E-state index is 11.1. The third-order valence-electron chi connectivity index (χ3n) is 1.77. The van der Waals surface area contributed by atoms with E-state index in [1.165, 1.54) is 0 Å². The molecule has 1 unspecified atom stereocenters. The van der Waals surface area contributed by atoms with E-state index in [4.69, 9.17) is 0 Å². The zero-order valence-corrected chi connectivity index (χ0v) is 7.60. The van der Waals surface area contributed by atoms with Crippen molar-refractivity contribution < 1.29 is 4.21 Å². The molecule has 11 heavy (non-hydrogen) atoms. The summed E-state index contributed by atoms with van der Waals surface area (Å²) in [4.78, 5) is 0. The standard InChI is InChI=1S/C9H12OS/c1-8(11(2)10)9-6-4-3-5-7-9/h3-8H,1-2H3/t8-,11?/m1/s1. The summed E-state index contributed by atoms with van der Waals surface area (Å²) < 4.78 is 11.1. The molecule has 0 aliphatic rings. The molecule has 0 bridgehead atoms. The lowest BCUT2D eigenvalue weighted by Gasteiger charge is -2.06. The van der Waals surface area contributed by atoms with E-state index in [0.29, 0.717) is 0 Å². The Kier molecular flexibility index (Phi) is 2.83. The molecule has 0 saturated carbocycles. The van der Waals surface area contributed by atoms with Gasteiger partial charge in [0.05, 0.1) is 5.25 Å². The van der Waals surface area contributed by atoms with Crippen molar-refractivity contribution in [3.8, 4) is 0 Å². The van der Waals surface area contributed by atoms with Gasteiger partial charge in [0.15, 0.2) is 0 Å². The van der Waals surface area contributed by atoms with E-state index in [-0.39, 0.29) is 5.25 Å². The van der Waals surface area contributed by atoms with Crippen molar-refractivity contribution in [1.82, 2.24) is 0 Å². The number of rotatable bonds is 2. The van der Waals surface area contributed by atoms with Gasteiger partial charge >= 0.3 is 0 Å². The smallest absolute Gasteiger partial charge is 0.0566 e. The number of hydrogen-bond acceptors (Lipinski definition) is 1. The summed E-state index contributed by atoms with van der Waals surface area (Å²) in [5.41, 5.74) is 1.15. The molecule has 0 fully saturated rings. The maximum Gasteiger partial charge on any atom is 0.0566 e. The first kappa shape index (κ1) is 8.47. The summed E-state index contributed by atoms with van der Waals surface area (Å²) in [6, 6.07) is 9.92. The summed E-state index contributed by atoms with van der Waals surface area (Å²) in [6.07, 6.45) is 1.73. The summed E-state index contributed by atoms with van der Waals surface area (Å²) in [7, 11) is -0.761. The molecule has 0 spiro atoms. The molecule has 1 rings (SSSR count). The van der Waals surface area contributed by atoms with Crippen LogP contribution < -0.4 is 0 Å². The van der Waals surface area contributed by atoms with Gasteiger partial charge in [-0.1, -0.05) is 30.3 Å². The van der Waals surface area contributed by atoms with Gasteiger partial charge in [-0.3, -0.25) is 4.21 Å². The van der Waals surface area contributed by atoms with Crippen molar-refractivity contribution in [2.24, 2.45) is 0 Å². The van der Waals surface area contributed by atoms with E-state index in [0.717, 1.165) is 5.56 Å². The van der Waals surface area contributed by atoms with Crippen LogP contribution in [0.15, 0.2) is 30.3 Å². The van der Waals surface area contributed by atoms with Crippen molar-refractivity contribution >= 4 is 10.8 Å². The molecule has 0 heterocycles. The van der Waals surface area contributed by atoms with E-state index in [9.17, 15) is 4.21 Å². The van der Waals surface area contributed by atoms with Crippen LogP contribution >= 0.6 is 0 Å². The van der Waals surface area contributed by atoms with Gasteiger partial charge in [0.25, 0.3) is 0 Å². The van der Waals surface area contributed by atoms with Crippen molar-refractivity contribution in [2.45, 2.75) is 12.2 Å². The lowest BCUT2D eigenvalue weighted by molar-refractivity contribution is 0.680. The first-order valence-electron chi connectivity index (χ1n) is 3.59. The quantitative estimate of drug-likeness (QED) is 0.661. The van der Waals surface area contributed by atoms with Gasteiger partial charge in [-0.05, 0) is 12.5 Å². The van der Waals surface area contributed by atoms with Gasteiger partial charge in [-0.15, -0.1) is 0 Å². The van der Waals surface area contributed by atoms with Crippen molar-refractivity contribution in [1.29, 1.82) is 0 Å². The van der Waals surface area contributed by atoms with Gasteiger partial charge in [0, 0.05) is 17.1 Å². The molecule has 60 valence electrons. The van der Waals surface area contributed by atoms with Crippen LogP contribution in [0.2, 0.25) is 0 Å². The molecule has 1 nitrogen and oxygen atoms in total. The minimum absolute atomic E-state index is 0.149. The Bertz CT molecular complexity index is 243. The molecule has 0 N–H and O–H groups in total. The molecule has 1 aromatic rings. The van der Waals surface area contributed by atoms with E-state index < -0.39 is 10.8 Å². The van der Waals surface area contributed by atoms with Crippen molar-refractivity contribution in [3.05, 3.63) is 35.9 Å². The highest BCUT2D eigenvalue weighted by Crippen LogP contribution is 2.16. The van der Waals surface area contributed by atoms with Gasteiger partial charge in [0.1, 0.15) is 0 Å². The van der Waals surface area contributed by atoms with E-state index in [1.807, 2.05) is 37.3 Å². The highest BCUT2D eigenvalue weighted by Gasteiger charge is 2.06. The van der Waals surface area contributed by atoms with Crippen LogP contribution in [0.4, 0.5) is 0 Å². The number of hydrogen-bond donors (Lipinski definition) is 0. The van der Waals surface area contributed by atoms with Crippen LogP contribution in [0.5, 0.6) is 0 Å². The summed E-state index contributed by atoms with van der Waals surface area (Å²) in [5, 5.41) is 0.149. The molecule has 0 saturated heterocycles. The Morgan fingerprint density at radius 2 is 1.82 bits per heavy atom. The largest absolute Gasteiger partial charge is 0.259 e. The molecular weight excluding hydrogens is 156 g/mol. The normalized spacial score (nSPS) is 15.8. The van der Waals surface area contributed by atoms with Crippen LogP contribution in [-0.4, -0.2) is 10.5 Å². The molecule has 2 atom stereocenters. The lowest BCUT2D eigenvalue weighted by Crippen LogP contribution is -1.99. The third kappa shape index (κ3) is 2.15. The predicted octanol–water partition coefficient (Wildman–Crippen LogP) is 2.13. The lowest BCUT2D eigenvalue weighted by atomic mass is 10.2. The second-order valence-electron chi connectivity index (χ2n) is 2.55. The molecule has 2 heteroatoms. The van der Waals surface area contributed by atoms with Crippen LogP contribution in [0.1, 0.15) is 17.7 Å².